The maximum Gasteiger partial charge on any atom is 0.241 e. The van der Waals surface area contributed by atoms with E-state index in [0.717, 1.165) is 47.2 Å². The number of fused-ring (bicyclic) bond motifs is 1. The van der Waals surface area contributed by atoms with E-state index < -0.39 is 15.6 Å². The monoisotopic (exact) mass is 422 g/mol. The average molecular weight is 423 g/mol. The first-order valence-electron chi connectivity index (χ1n) is 10.2. The maximum absolute atomic E-state index is 12.6. The van der Waals surface area contributed by atoms with Crippen molar-refractivity contribution in [2.75, 3.05) is 0 Å². The van der Waals surface area contributed by atoms with Crippen LogP contribution in [0.15, 0.2) is 41.3 Å². The first-order chi connectivity index (χ1) is 14.1. The van der Waals surface area contributed by atoms with E-state index in [0.29, 0.717) is 11.6 Å². The molecule has 3 aromatic rings. The molecule has 0 atom stereocenters. The molecular weight excluding hydrogens is 396 g/mol. The van der Waals surface area contributed by atoms with Gasteiger partial charge >= 0.3 is 0 Å². The van der Waals surface area contributed by atoms with Crippen molar-refractivity contribution >= 4 is 21.1 Å². The van der Waals surface area contributed by atoms with Gasteiger partial charge in [0.25, 0.3) is 0 Å². The van der Waals surface area contributed by atoms with E-state index in [1.165, 1.54) is 0 Å². The van der Waals surface area contributed by atoms with Crippen LogP contribution in [0.3, 0.4) is 0 Å². The van der Waals surface area contributed by atoms with Crippen molar-refractivity contribution in [3.05, 3.63) is 47.7 Å². The molecule has 1 aliphatic rings. The van der Waals surface area contributed by atoms with E-state index >= 15 is 0 Å². The van der Waals surface area contributed by atoms with E-state index in [9.17, 15) is 13.7 Å². The van der Waals surface area contributed by atoms with Gasteiger partial charge in [0, 0.05) is 22.7 Å². The molecule has 0 unspecified atom stereocenters. The lowest BCUT2D eigenvalue weighted by Crippen LogP contribution is -2.40. The maximum atomic E-state index is 12.6. The van der Waals surface area contributed by atoms with Crippen LogP contribution in [-0.2, 0) is 10.0 Å². The van der Waals surface area contributed by atoms with Crippen LogP contribution in [0.1, 0.15) is 57.3 Å². The summed E-state index contributed by atoms with van der Waals surface area (Å²) in [6.45, 7) is 7.38. The van der Waals surface area contributed by atoms with Crippen LogP contribution in [0.4, 0.5) is 0 Å². The number of aryl methyl sites for hydroxylation is 1. The fourth-order valence-corrected chi connectivity index (χ4v) is 5.35. The highest BCUT2D eigenvalue weighted by Crippen LogP contribution is 2.42. The molecule has 0 aliphatic heterocycles. The number of hydrogen-bond acceptors (Lipinski definition) is 4. The summed E-state index contributed by atoms with van der Waals surface area (Å²) in [5.41, 5.74) is 3.41. The molecule has 0 radical (unpaired) electrons. The smallest absolute Gasteiger partial charge is 0.241 e. The average Bonchev–Trinajstić information content (AvgIpc) is 2.92. The van der Waals surface area contributed by atoms with Crippen molar-refractivity contribution in [3.8, 4) is 17.3 Å². The molecule has 7 heteroatoms. The molecule has 4 rings (SSSR count). The molecule has 1 fully saturated rings. The van der Waals surface area contributed by atoms with E-state index in [1.807, 2.05) is 39.8 Å². The van der Waals surface area contributed by atoms with E-state index in [4.69, 9.17) is 4.98 Å². The Morgan fingerprint density at radius 3 is 2.33 bits per heavy atom. The fraction of sp³-hybridized carbons (Fsp3) is 0.391. The van der Waals surface area contributed by atoms with E-state index in [2.05, 4.69) is 15.4 Å². The number of aromatic nitrogens is 2. The molecular formula is C23H26N4O2S. The van der Waals surface area contributed by atoms with Gasteiger partial charge < -0.3 is 4.57 Å². The normalized spacial score (nSPS) is 15.2. The molecule has 0 saturated heterocycles. The van der Waals surface area contributed by atoms with Crippen molar-refractivity contribution in [3.63, 3.8) is 0 Å². The predicted octanol–water partition coefficient (Wildman–Crippen LogP) is 4.69. The Hall–Kier alpha value is -2.69. The SMILES string of the molecule is Cc1ccc2c(C#N)c(-c3ccc(S(=O)(=O)NC(C)(C)C)cc3)n(C3CCC3)c2n1. The highest BCUT2D eigenvalue weighted by Gasteiger charge is 2.29. The lowest BCUT2D eigenvalue weighted by atomic mass is 9.92. The molecule has 1 N–H and O–H groups in total. The first-order valence-corrected chi connectivity index (χ1v) is 11.6. The molecule has 1 aliphatic carbocycles. The molecule has 1 saturated carbocycles. The van der Waals surface area contributed by atoms with Crippen molar-refractivity contribution in [2.45, 2.75) is 63.4 Å². The minimum atomic E-state index is -3.62. The first kappa shape index (κ1) is 20.6. The summed E-state index contributed by atoms with van der Waals surface area (Å²) >= 11 is 0. The van der Waals surface area contributed by atoms with Gasteiger partial charge in [0.15, 0.2) is 0 Å². The van der Waals surface area contributed by atoms with Crippen LogP contribution in [0.2, 0.25) is 0 Å². The third-order valence-electron chi connectivity index (χ3n) is 5.42. The molecule has 2 heterocycles. The van der Waals surface area contributed by atoms with E-state index in [-0.39, 0.29) is 4.90 Å². The summed E-state index contributed by atoms with van der Waals surface area (Å²) in [5.74, 6) is 0. The standard InChI is InChI=1S/C23H26N4O2S/c1-15-8-13-19-20(14-24)21(27(22(19)25-15)17-6-5-7-17)16-9-11-18(12-10-16)30(28,29)26-23(2,3)4/h8-13,17,26H,5-7H2,1-4H3. The molecule has 0 amide bonds. The van der Waals surface area contributed by atoms with Crippen LogP contribution in [-0.4, -0.2) is 23.5 Å². The van der Waals surface area contributed by atoms with E-state index in [1.54, 1.807) is 24.3 Å². The van der Waals surface area contributed by atoms with Gasteiger partial charge in [-0.05, 0) is 76.8 Å². The molecule has 30 heavy (non-hydrogen) atoms. The number of nitrogens with one attached hydrogen (secondary N) is 1. The van der Waals surface area contributed by atoms with Crippen LogP contribution < -0.4 is 4.72 Å². The summed E-state index contributed by atoms with van der Waals surface area (Å²) in [6, 6.07) is 13.3. The Kier molecular flexibility index (Phi) is 4.95. The summed E-state index contributed by atoms with van der Waals surface area (Å²) < 4.78 is 30.2. The summed E-state index contributed by atoms with van der Waals surface area (Å²) in [4.78, 5) is 4.94. The van der Waals surface area contributed by atoms with Gasteiger partial charge in [-0.15, -0.1) is 0 Å². The van der Waals surface area contributed by atoms with Gasteiger partial charge in [-0.25, -0.2) is 18.1 Å². The highest BCUT2D eigenvalue weighted by atomic mass is 32.2. The molecule has 0 spiro atoms. The van der Waals surface area contributed by atoms with Crippen molar-refractivity contribution in [1.82, 2.24) is 14.3 Å². The van der Waals surface area contributed by atoms with Gasteiger partial charge in [-0.1, -0.05) is 12.1 Å². The fourth-order valence-electron chi connectivity index (χ4n) is 3.93. The van der Waals surface area contributed by atoms with Gasteiger partial charge in [0.05, 0.1) is 16.2 Å². The zero-order valence-corrected chi connectivity index (χ0v) is 18.5. The molecule has 2 aromatic heterocycles. The Morgan fingerprint density at radius 2 is 1.80 bits per heavy atom. The minimum Gasteiger partial charge on any atom is -0.321 e. The predicted molar refractivity (Wildman–Crippen MR) is 118 cm³/mol. The third-order valence-corrected chi connectivity index (χ3v) is 7.19. The van der Waals surface area contributed by atoms with Crippen molar-refractivity contribution < 1.29 is 8.42 Å². The van der Waals surface area contributed by atoms with Gasteiger partial charge in [-0.2, -0.15) is 5.26 Å². The number of pyridine rings is 1. The largest absolute Gasteiger partial charge is 0.321 e. The lowest BCUT2D eigenvalue weighted by molar-refractivity contribution is 0.323. The summed E-state index contributed by atoms with van der Waals surface area (Å²) in [5, 5.41) is 10.8. The van der Waals surface area contributed by atoms with Crippen LogP contribution in [0, 0.1) is 18.3 Å². The Labute approximate surface area is 177 Å². The van der Waals surface area contributed by atoms with Gasteiger partial charge in [-0.3, -0.25) is 0 Å². The Morgan fingerprint density at radius 1 is 1.13 bits per heavy atom. The number of rotatable bonds is 4. The minimum absolute atomic E-state index is 0.208. The number of nitrogens with zero attached hydrogens (tertiary/aromatic N) is 3. The van der Waals surface area contributed by atoms with Crippen LogP contribution in [0.5, 0.6) is 0 Å². The lowest BCUT2D eigenvalue weighted by Gasteiger charge is -2.29. The zero-order valence-electron chi connectivity index (χ0n) is 17.7. The zero-order chi connectivity index (χ0) is 21.7. The van der Waals surface area contributed by atoms with Crippen molar-refractivity contribution in [1.29, 1.82) is 5.26 Å². The molecule has 0 bridgehead atoms. The number of sulfonamides is 1. The number of benzene rings is 1. The third kappa shape index (κ3) is 3.62. The van der Waals surface area contributed by atoms with Gasteiger partial charge in [0.1, 0.15) is 11.7 Å². The second-order valence-electron chi connectivity index (χ2n) is 8.99. The highest BCUT2D eigenvalue weighted by molar-refractivity contribution is 7.89. The summed E-state index contributed by atoms with van der Waals surface area (Å²) in [6.07, 6.45) is 3.27. The van der Waals surface area contributed by atoms with Gasteiger partial charge in [0.2, 0.25) is 10.0 Å². The summed E-state index contributed by atoms with van der Waals surface area (Å²) in [7, 11) is -3.62. The topological polar surface area (TPSA) is 87.8 Å². The Bertz CT molecular complexity index is 1260. The van der Waals surface area contributed by atoms with Crippen molar-refractivity contribution in [2.24, 2.45) is 0 Å². The molecule has 1 aromatic carbocycles. The molecule has 156 valence electrons. The Balaban J connectivity index is 1.87. The quantitative estimate of drug-likeness (QED) is 0.661. The second kappa shape index (κ2) is 7.22. The number of hydrogen-bond donors (Lipinski definition) is 1. The molecule has 6 nitrogen and oxygen atoms in total. The number of nitriles is 1. The second-order valence-corrected chi connectivity index (χ2v) is 10.7. The van der Waals surface area contributed by atoms with Crippen LogP contribution in [0.25, 0.3) is 22.3 Å². The van der Waals surface area contributed by atoms with Crippen LogP contribution >= 0.6 is 0 Å².